The Kier molecular flexibility index (Phi) is 6.61. The second kappa shape index (κ2) is 9.34. The Balaban J connectivity index is 2.00. The molecule has 2 aromatic carbocycles. The number of imidazole rings is 1. The molecule has 0 fully saturated rings. The molecule has 0 unspecified atom stereocenters. The number of benzene rings is 2. The van der Waals surface area contributed by atoms with Crippen LogP contribution in [0, 0.1) is 0 Å². The van der Waals surface area contributed by atoms with E-state index in [1.807, 2.05) is 48.5 Å². The van der Waals surface area contributed by atoms with Crippen molar-refractivity contribution in [2.45, 2.75) is 13.3 Å². The highest BCUT2D eigenvalue weighted by atomic mass is 32.1. The molecule has 0 amide bonds. The van der Waals surface area contributed by atoms with Gasteiger partial charge in [0.25, 0.3) is 0 Å². The molecule has 0 bridgehead atoms. The van der Waals surface area contributed by atoms with E-state index in [0.29, 0.717) is 5.82 Å². The molecule has 0 atom stereocenters. The van der Waals surface area contributed by atoms with E-state index in [0.717, 1.165) is 34.0 Å². The SMILES string of the molecule is CCOC(=O)C(=S)Cc1nc(-c2ccc(OC)cc2)c(-c2ccc(OC)cc2)[nH]1. The Labute approximate surface area is 174 Å². The van der Waals surface area contributed by atoms with Crippen molar-refractivity contribution in [1.82, 2.24) is 9.97 Å². The topological polar surface area (TPSA) is 73.4 Å². The lowest BCUT2D eigenvalue weighted by molar-refractivity contribution is -0.134. The van der Waals surface area contributed by atoms with E-state index in [9.17, 15) is 4.79 Å². The highest BCUT2D eigenvalue weighted by molar-refractivity contribution is 7.82. The minimum atomic E-state index is -0.490. The van der Waals surface area contributed by atoms with Crippen LogP contribution in [0.4, 0.5) is 0 Å². The molecule has 3 aromatic rings. The quantitative estimate of drug-likeness (QED) is 0.442. The zero-order valence-electron chi connectivity index (χ0n) is 16.5. The average Bonchev–Trinajstić information content (AvgIpc) is 3.17. The van der Waals surface area contributed by atoms with Crippen LogP contribution in [0.1, 0.15) is 12.7 Å². The molecular weight excluding hydrogens is 388 g/mol. The van der Waals surface area contributed by atoms with E-state index in [1.54, 1.807) is 21.1 Å². The van der Waals surface area contributed by atoms with Crippen molar-refractivity contribution in [2.24, 2.45) is 0 Å². The van der Waals surface area contributed by atoms with E-state index in [4.69, 9.17) is 31.4 Å². The largest absolute Gasteiger partial charge is 0.497 e. The van der Waals surface area contributed by atoms with Gasteiger partial charge in [-0.2, -0.15) is 0 Å². The number of esters is 1. The number of hydrogen-bond donors (Lipinski definition) is 1. The van der Waals surface area contributed by atoms with Crippen molar-refractivity contribution in [3.63, 3.8) is 0 Å². The number of rotatable bonds is 8. The molecule has 6 nitrogen and oxygen atoms in total. The molecule has 7 heteroatoms. The fourth-order valence-electron chi connectivity index (χ4n) is 2.87. The first-order valence-electron chi connectivity index (χ1n) is 9.13. The summed E-state index contributed by atoms with van der Waals surface area (Å²) < 4.78 is 15.5. The number of thiocarbonyl (C=S) groups is 1. The van der Waals surface area contributed by atoms with Crippen LogP contribution in [-0.4, -0.2) is 41.6 Å². The number of nitrogens with zero attached hydrogens (tertiary/aromatic N) is 1. The maximum Gasteiger partial charge on any atom is 0.345 e. The van der Waals surface area contributed by atoms with Gasteiger partial charge < -0.3 is 19.2 Å². The molecule has 0 aliphatic carbocycles. The minimum absolute atomic E-state index is 0.183. The molecular formula is C22H22N2O4S. The Morgan fingerprint density at radius 2 is 1.52 bits per heavy atom. The van der Waals surface area contributed by atoms with Crippen molar-refractivity contribution in [3.8, 4) is 34.0 Å². The first-order valence-corrected chi connectivity index (χ1v) is 9.54. The summed E-state index contributed by atoms with van der Waals surface area (Å²) in [4.78, 5) is 20.1. The minimum Gasteiger partial charge on any atom is -0.497 e. The van der Waals surface area contributed by atoms with Crippen LogP contribution in [0.15, 0.2) is 48.5 Å². The van der Waals surface area contributed by atoms with Crippen LogP contribution in [-0.2, 0) is 16.0 Å². The van der Waals surface area contributed by atoms with Crippen molar-refractivity contribution < 1.29 is 19.0 Å². The third-order valence-corrected chi connectivity index (χ3v) is 4.64. The van der Waals surface area contributed by atoms with E-state index in [-0.39, 0.29) is 17.9 Å². The fourth-order valence-corrected chi connectivity index (χ4v) is 3.06. The van der Waals surface area contributed by atoms with Crippen molar-refractivity contribution >= 4 is 23.1 Å². The number of carbonyl (C=O) groups is 1. The zero-order valence-corrected chi connectivity index (χ0v) is 17.3. The Morgan fingerprint density at radius 3 is 2.03 bits per heavy atom. The zero-order chi connectivity index (χ0) is 20.8. The number of hydrogen-bond acceptors (Lipinski definition) is 6. The van der Waals surface area contributed by atoms with Gasteiger partial charge in [0.2, 0.25) is 0 Å². The highest BCUT2D eigenvalue weighted by Crippen LogP contribution is 2.32. The van der Waals surface area contributed by atoms with E-state index in [1.165, 1.54) is 0 Å². The summed E-state index contributed by atoms with van der Waals surface area (Å²) in [6.07, 6.45) is 0.202. The molecule has 1 N–H and O–H groups in total. The smallest absolute Gasteiger partial charge is 0.345 e. The second-order valence-electron chi connectivity index (χ2n) is 6.18. The van der Waals surface area contributed by atoms with Gasteiger partial charge >= 0.3 is 5.97 Å². The molecule has 0 saturated heterocycles. The van der Waals surface area contributed by atoms with Crippen molar-refractivity contribution in [2.75, 3.05) is 20.8 Å². The molecule has 1 heterocycles. The van der Waals surface area contributed by atoms with Gasteiger partial charge in [0, 0.05) is 17.5 Å². The molecule has 150 valence electrons. The Hall–Kier alpha value is -3.19. The van der Waals surface area contributed by atoms with Crippen LogP contribution in [0.3, 0.4) is 0 Å². The number of nitrogens with one attached hydrogen (secondary N) is 1. The third-order valence-electron chi connectivity index (χ3n) is 4.33. The number of methoxy groups -OCH3 is 2. The van der Waals surface area contributed by atoms with Gasteiger partial charge in [0.15, 0.2) is 0 Å². The molecule has 0 aliphatic rings. The summed E-state index contributed by atoms with van der Waals surface area (Å²) in [6, 6.07) is 15.3. The predicted octanol–water partition coefficient (Wildman–Crippen LogP) is 4.24. The van der Waals surface area contributed by atoms with Crippen LogP contribution in [0.25, 0.3) is 22.5 Å². The summed E-state index contributed by atoms with van der Waals surface area (Å²) in [5.41, 5.74) is 3.46. The third kappa shape index (κ3) is 4.81. The highest BCUT2D eigenvalue weighted by Gasteiger charge is 2.18. The second-order valence-corrected chi connectivity index (χ2v) is 6.68. The van der Waals surface area contributed by atoms with Crippen LogP contribution >= 0.6 is 12.2 Å². The lowest BCUT2D eigenvalue weighted by atomic mass is 10.0. The van der Waals surface area contributed by atoms with Gasteiger partial charge in [-0.1, -0.05) is 12.2 Å². The Bertz CT molecular complexity index is 930. The molecule has 1 aromatic heterocycles. The van der Waals surface area contributed by atoms with E-state index in [2.05, 4.69) is 4.98 Å². The predicted molar refractivity (Wildman–Crippen MR) is 115 cm³/mol. The van der Waals surface area contributed by atoms with E-state index < -0.39 is 5.97 Å². The van der Waals surface area contributed by atoms with Crippen molar-refractivity contribution in [1.29, 1.82) is 0 Å². The standard InChI is InChI=1S/C22H22N2O4S/c1-4-28-22(25)18(29)13-19-23-20(14-5-9-16(26-2)10-6-14)21(24-19)15-7-11-17(27-3)12-8-15/h5-12H,4,13H2,1-3H3,(H,23,24). The maximum absolute atomic E-state index is 11.9. The number of aromatic amines is 1. The molecule has 0 spiro atoms. The molecule has 0 radical (unpaired) electrons. The summed E-state index contributed by atoms with van der Waals surface area (Å²) >= 11 is 5.21. The summed E-state index contributed by atoms with van der Waals surface area (Å²) in [6.45, 7) is 2.03. The molecule has 3 rings (SSSR count). The first kappa shape index (κ1) is 20.5. The lowest BCUT2D eigenvalue weighted by Crippen LogP contribution is -2.18. The average molecular weight is 410 g/mol. The number of ether oxygens (including phenoxy) is 3. The van der Waals surface area contributed by atoms with Gasteiger partial charge in [-0.05, 0) is 55.5 Å². The van der Waals surface area contributed by atoms with E-state index >= 15 is 0 Å². The van der Waals surface area contributed by atoms with Gasteiger partial charge in [-0.3, -0.25) is 0 Å². The molecule has 0 saturated carbocycles. The molecule has 29 heavy (non-hydrogen) atoms. The number of aromatic nitrogens is 2. The summed E-state index contributed by atoms with van der Waals surface area (Å²) in [5, 5.41) is 0. The van der Waals surface area contributed by atoms with Crippen LogP contribution in [0.2, 0.25) is 0 Å². The Morgan fingerprint density at radius 1 is 0.966 bits per heavy atom. The lowest BCUT2D eigenvalue weighted by Gasteiger charge is -2.06. The first-order chi connectivity index (χ1) is 14.0. The maximum atomic E-state index is 11.9. The number of H-pyrrole nitrogens is 1. The van der Waals surface area contributed by atoms with Crippen molar-refractivity contribution in [3.05, 3.63) is 54.4 Å². The monoisotopic (exact) mass is 410 g/mol. The van der Waals surface area contributed by atoms with Gasteiger partial charge in [-0.15, -0.1) is 0 Å². The summed E-state index contributed by atoms with van der Waals surface area (Å²) in [5.74, 6) is 1.64. The van der Waals surface area contributed by atoms with Gasteiger partial charge in [0.05, 0.1) is 32.2 Å². The normalized spacial score (nSPS) is 10.4. The van der Waals surface area contributed by atoms with Crippen LogP contribution < -0.4 is 9.47 Å². The van der Waals surface area contributed by atoms with Gasteiger partial charge in [-0.25, -0.2) is 9.78 Å². The van der Waals surface area contributed by atoms with Gasteiger partial charge in [0.1, 0.15) is 22.2 Å². The summed E-state index contributed by atoms with van der Waals surface area (Å²) in [7, 11) is 3.25. The number of carbonyl (C=O) groups excluding carboxylic acids is 1. The van der Waals surface area contributed by atoms with Crippen LogP contribution in [0.5, 0.6) is 11.5 Å². The fraction of sp³-hybridized carbons (Fsp3) is 0.227. The molecule has 0 aliphatic heterocycles.